The summed E-state index contributed by atoms with van der Waals surface area (Å²) in [6.45, 7) is 5.16. The maximum absolute atomic E-state index is 12.3. The van der Waals surface area contributed by atoms with E-state index in [1.807, 2.05) is 68.4 Å². The average molecular weight is 479 g/mol. The molecular weight excluding hydrogens is 444 g/mol. The summed E-state index contributed by atoms with van der Waals surface area (Å²) in [7, 11) is 0. The van der Waals surface area contributed by atoms with E-state index in [9.17, 15) is 20.1 Å². The van der Waals surface area contributed by atoms with Gasteiger partial charge in [-0.3, -0.25) is 4.79 Å². The van der Waals surface area contributed by atoms with Crippen LogP contribution in [-0.4, -0.2) is 46.5 Å². The van der Waals surface area contributed by atoms with Gasteiger partial charge >= 0.3 is 0 Å². The quantitative estimate of drug-likeness (QED) is 0.255. The van der Waals surface area contributed by atoms with Gasteiger partial charge in [0, 0.05) is 18.2 Å². The van der Waals surface area contributed by atoms with Crippen molar-refractivity contribution in [1.82, 2.24) is 10.6 Å². The van der Waals surface area contributed by atoms with E-state index < -0.39 is 6.10 Å². The van der Waals surface area contributed by atoms with Gasteiger partial charge in [0.1, 0.15) is 23.9 Å². The van der Waals surface area contributed by atoms with E-state index in [0.717, 1.165) is 16.9 Å². The van der Waals surface area contributed by atoms with Crippen LogP contribution in [0.2, 0.25) is 0 Å². The van der Waals surface area contributed by atoms with E-state index in [0.29, 0.717) is 25.1 Å². The largest absolute Gasteiger partial charge is 0.508 e. The van der Waals surface area contributed by atoms with Crippen LogP contribution in [0.5, 0.6) is 17.2 Å². The van der Waals surface area contributed by atoms with Gasteiger partial charge < -0.3 is 30.7 Å². The lowest BCUT2D eigenvalue weighted by molar-refractivity contribution is -0.120. The molecule has 1 unspecified atom stereocenters. The highest BCUT2D eigenvalue weighted by Gasteiger charge is 2.20. The fourth-order valence-electron chi connectivity index (χ4n) is 3.85. The summed E-state index contributed by atoms with van der Waals surface area (Å²) >= 11 is 0. The number of rotatable bonds is 12. The summed E-state index contributed by atoms with van der Waals surface area (Å²) in [6, 6.07) is 21.5. The summed E-state index contributed by atoms with van der Waals surface area (Å²) in [5.74, 6) is 0.526. The van der Waals surface area contributed by atoms with Crippen molar-refractivity contribution < 1.29 is 24.9 Å². The normalized spacial score (nSPS) is 12.2. The monoisotopic (exact) mass is 478 g/mol. The van der Waals surface area contributed by atoms with Crippen LogP contribution in [0.25, 0.3) is 0 Å². The third kappa shape index (κ3) is 8.96. The molecule has 0 radical (unpaired) electrons. The van der Waals surface area contributed by atoms with Gasteiger partial charge in [-0.25, -0.2) is 0 Å². The first kappa shape index (κ1) is 26.1. The molecule has 186 valence electrons. The van der Waals surface area contributed by atoms with Crippen LogP contribution in [-0.2, 0) is 17.6 Å². The van der Waals surface area contributed by atoms with Gasteiger partial charge in [-0.15, -0.1) is 0 Å². The Morgan fingerprint density at radius 1 is 0.943 bits per heavy atom. The minimum atomic E-state index is -0.881. The summed E-state index contributed by atoms with van der Waals surface area (Å²) < 4.78 is 5.60. The number of hydrogen-bond acceptors (Lipinski definition) is 6. The second-order valence-electron chi connectivity index (χ2n) is 9.25. The molecule has 0 aliphatic rings. The summed E-state index contributed by atoms with van der Waals surface area (Å²) in [5, 5.41) is 36.0. The third-order valence-electron chi connectivity index (χ3n) is 5.52. The van der Waals surface area contributed by atoms with Crippen LogP contribution in [0.3, 0.4) is 0 Å². The molecule has 3 rings (SSSR count). The van der Waals surface area contributed by atoms with E-state index in [-0.39, 0.29) is 35.9 Å². The number of nitrogens with one attached hydrogen (secondary N) is 2. The second kappa shape index (κ2) is 12.2. The number of aromatic hydroxyl groups is 2. The first-order valence-electron chi connectivity index (χ1n) is 11.7. The van der Waals surface area contributed by atoms with E-state index >= 15 is 0 Å². The molecule has 0 spiro atoms. The molecule has 7 heteroatoms. The van der Waals surface area contributed by atoms with Crippen LogP contribution in [0.15, 0.2) is 72.8 Å². The Balaban J connectivity index is 1.46. The molecule has 3 aromatic rings. The van der Waals surface area contributed by atoms with Crippen molar-refractivity contribution in [3.05, 3.63) is 89.5 Å². The van der Waals surface area contributed by atoms with E-state index in [2.05, 4.69) is 10.6 Å². The first-order chi connectivity index (χ1) is 16.7. The Hall–Kier alpha value is -3.55. The average Bonchev–Trinajstić information content (AvgIpc) is 2.80. The molecule has 0 saturated heterocycles. The molecule has 35 heavy (non-hydrogen) atoms. The molecule has 1 atom stereocenters. The van der Waals surface area contributed by atoms with Crippen molar-refractivity contribution in [2.24, 2.45) is 0 Å². The molecular formula is C28H34N2O5. The lowest BCUT2D eigenvalue weighted by Crippen LogP contribution is -2.43. The van der Waals surface area contributed by atoms with Crippen LogP contribution in [0.1, 0.15) is 36.6 Å². The molecule has 0 bridgehead atoms. The van der Waals surface area contributed by atoms with E-state index in [4.69, 9.17) is 4.74 Å². The maximum atomic E-state index is 12.3. The molecule has 1 amide bonds. The number of aliphatic hydroxyl groups excluding tert-OH is 1. The number of carbonyl (C=O) groups is 1. The van der Waals surface area contributed by atoms with Gasteiger partial charge in [0.25, 0.3) is 0 Å². The zero-order valence-corrected chi connectivity index (χ0v) is 20.2. The highest BCUT2D eigenvalue weighted by molar-refractivity contribution is 5.78. The second-order valence-corrected chi connectivity index (χ2v) is 9.25. The number of aliphatic hydroxyl groups is 1. The van der Waals surface area contributed by atoms with Crippen molar-refractivity contribution in [3.8, 4) is 17.2 Å². The van der Waals surface area contributed by atoms with Crippen LogP contribution >= 0.6 is 0 Å². The van der Waals surface area contributed by atoms with Gasteiger partial charge in [-0.05, 0) is 61.2 Å². The van der Waals surface area contributed by atoms with Gasteiger partial charge in [-0.1, -0.05) is 42.5 Å². The Morgan fingerprint density at radius 2 is 1.63 bits per heavy atom. The first-order valence-corrected chi connectivity index (χ1v) is 11.7. The predicted molar refractivity (Wildman–Crippen MR) is 136 cm³/mol. The summed E-state index contributed by atoms with van der Waals surface area (Å²) in [4.78, 5) is 12.3. The van der Waals surface area contributed by atoms with E-state index in [1.54, 1.807) is 0 Å². The molecule has 7 nitrogen and oxygen atoms in total. The van der Waals surface area contributed by atoms with Crippen molar-refractivity contribution in [3.63, 3.8) is 0 Å². The lowest BCUT2D eigenvalue weighted by atomic mass is 9.93. The van der Waals surface area contributed by atoms with Gasteiger partial charge in [0.05, 0.1) is 19.1 Å². The fraction of sp³-hybridized carbons (Fsp3) is 0.321. The van der Waals surface area contributed by atoms with Gasteiger partial charge in [0.15, 0.2) is 0 Å². The van der Waals surface area contributed by atoms with Gasteiger partial charge in [-0.2, -0.15) is 0 Å². The zero-order chi connectivity index (χ0) is 25.3. The number of benzene rings is 3. The topological polar surface area (TPSA) is 111 Å². The standard InChI is InChI=1S/C28H34N2O5/c1-28(2,30-19-26(33)22-15-23(31)17-24(32)16-22)18-21-8-6-7-20(13-21)14-27(34)29-11-12-35-25-9-4-3-5-10-25/h3-10,13,15-17,26,30-33H,11-12,14,18-19H2,1-2H3,(H,29,34). The van der Waals surface area contributed by atoms with Gasteiger partial charge in [0.2, 0.25) is 5.91 Å². The molecule has 0 aliphatic carbocycles. The number of phenolic OH excluding ortho intramolecular Hbond substituents is 2. The number of para-hydroxylation sites is 1. The van der Waals surface area contributed by atoms with E-state index in [1.165, 1.54) is 18.2 Å². The summed E-state index contributed by atoms with van der Waals surface area (Å²) in [6.07, 6.45) is 0.0890. The predicted octanol–water partition coefficient (Wildman–Crippen LogP) is 3.48. The Bertz CT molecular complexity index is 1080. The Kier molecular flexibility index (Phi) is 9.11. The lowest BCUT2D eigenvalue weighted by Gasteiger charge is -2.28. The van der Waals surface area contributed by atoms with Crippen LogP contribution in [0.4, 0.5) is 0 Å². The van der Waals surface area contributed by atoms with Crippen LogP contribution in [0, 0.1) is 0 Å². The molecule has 0 saturated carbocycles. The maximum Gasteiger partial charge on any atom is 0.224 e. The minimum absolute atomic E-state index is 0.0614. The highest BCUT2D eigenvalue weighted by atomic mass is 16.5. The highest BCUT2D eigenvalue weighted by Crippen LogP contribution is 2.25. The van der Waals surface area contributed by atoms with Crippen molar-refractivity contribution in [1.29, 1.82) is 0 Å². The number of β-amino-alcohol motifs (C(OH)–C–C–N with tert-alkyl or cyclic N) is 1. The van der Waals surface area contributed by atoms with Crippen molar-refractivity contribution >= 4 is 5.91 Å². The Morgan fingerprint density at radius 3 is 2.34 bits per heavy atom. The SMILES string of the molecule is CC(C)(Cc1cccc(CC(=O)NCCOc2ccccc2)c1)NCC(O)c1cc(O)cc(O)c1. The number of amides is 1. The molecule has 0 aliphatic heterocycles. The third-order valence-corrected chi connectivity index (χ3v) is 5.52. The Labute approximate surface area is 206 Å². The van der Waals surface area contributed by atoms with Crippen LogP contribution < -0.4 is 15.4 Å². The number of ether oxygens (including phenoxy) is 1. The van der Waals surface area contributed by atoms with Crippen molar-refractivity contribution in [2.45, 2.75) is 38.3 Å². The molecule has 5 N–H and O–H groups in total. The zero-order valence-electron chi connectivity index (χ0n) is 20.2. The fourth-order valence-corrected chi connectivity index (χ4v) is 3.85. The number of phenols is 2. The number of carbonyl (C=O) groups excluding carboxylic acids is 1. The molecule has 0 aromatic heterocycles. The smallest absolute Gasteiger partial charge is 0.224 e. The molecule has 0 heterocycles. The molecule has 0 fully saturated rings. The summed E-state index contributed by atoms with van der Waals surface area (Å²) in [5.41, 5.74) is 2.10. The minimum Gasteiger partial charge on any atom is -0.508 e. The molecule has 3 aromatic carbocycles. The van der Waals surface area contributed by atoms with Crippen molar-refractivity contribution in [2.75, 3.05) is 19.7 Å². The number of hydrogen-bond donors (Lipinski definition) is 5.